The van der Waals surface area contributed by atoms with Crippen LogP contribution in [0.1, 0.15) is 58.2 Å². The Balaban J connectivity index is 1.53. The van der Waals surface area contributed by atoms with Gasteiger partial charge in [0.1, 0.15) is 5.82 Å². The fraction of sp³-hybridized carbons (Fsp3) is 0.438. The van der Waals surface area contributed by atoms with Crippen LogP contribution in [0.2, 0.25) is 0 Å². The Labute approximate surface area is 241 Å². The van der Waals surface area contributed by atoms with Crippen molar-refractivity contribution < 1.29 is 9.59 Å². The zero-order valence-corrected chi connectivity index (χ0v) is 24.7. The molecule has 2 aliphatic rings. The molecule has 0 unspecified atom stereocenters. The summed E-state index contributed by atoms with van der Waals surface area (Å²) in [6.45, 7) is 13.8. The lowest BCUT2D eigenvalue weighted by atomic mass is 9.95. The molecule has 2 aromatic heterocycles. The second-order valence-electron chi connectivity index (χ2n) is 11.2. The van der Waals surface area contributed by atoms with Crippen LogP contribution in [0.3, 0.4) is 0 Å². The number of aromatic amines is 1. The van der Waals surface area contributed by atoms with Gasteiger partial charge in [0.25, 0.3) is 11.5 Å². The van der Waals surface area contributed by atoms with Crippen molar-refractivity contribution in [3.05, 3.63) is 74.3 Å². The number of carbonyl (C=O) groups excluding carboxylic acids is 2. The number of nitrogens with zero attached hydrogens (tertiary/aromatic N) is 3. The number of pyridine rings is 2. The van der Waals surface area contributed by atoms with Crippen LogP contribution in [0.15, 0.2) is 35.1 Å². The van der Waals surface area contributed by atoms with Crippen molar-refractivity contribution in [3.8, 4) is 11.1 Å². The first kappa shape index (κ1) is 28.5. The average Bonchev–Trinajstić information content (AvgIpc) is 3.80. The Morgan fingerprint density at radius 1 is 1.07 bits per heavy atom. The van der Waals surface area contributed by atoms with Crippen LogP contribution in [-0.2, 0) is 11.3 Å². The molecule has 1 saturated carbocycles. The summed E-state index contributed by atoms with van der Waals surface area (Å²) < 4.78 is 0. The predicted molar refractivity (Wildman–Crippen MR) is 163 cm³/mol. The number of hydrogen-bond acceptors (Lipinski definition) is 6. The Morgan fingerprint density at radius 3 is 2.44 bits per heavy atom. The largest absolute Gasteiger partial charge is 0.354 e. The summed E-state index contributed by atoms with van der Waals surface area (Å²) in [4.78, 5) is 51.3. The van der Waals surface area contributed by atoms with Crippen molar-refractivity contribution in [2.45, 2.75) is 54.0 Å². The third-order valence-electron chi connectivity index (χ3n) is 8.17. The van der Waals surface area contributed by atoms with Gasteiger partial charge in [-0.05, 0) is 94.5 Å². The summed E-state index contributed by atoms with van der Waals surface area (Å²) in [5.41, 5.74) is 6.50. The van der Waals surface area contributed by atoms with Crippen molar-refractivity contribution in [1.29, 1.82) is 0 Å². The molecule has 1 aliphatic carbocycles. The van der Waals surface area contributed by atoms with Crippen LogP contribution in [0.4, 0.5) is 11.5 Å². The van der Waals surface area contributed by atoms with Crippen LogP contribution in [-0.4, -0.2) is 54.5 Å². The van der Waals surface area contributed by atoms with Gasteiger partial charge in [-0.15, -0.1) is 0 Å². The number of hydrogen-bond donors (Lipinski definition) is 3. The van der Waals surface area contributed by atoms with Gasteiger partial charge in [0, 0.05) is 79.0 Å². The van der Waals surface area contributed by atoms with E-state index in [-0.39, 0.29) is 29.8 Å². The van der Waals surface area contributed by atoms with Gasteiger partial charge < -0.3 is 25.4 Å². The van der Waals surface area contributed by atoms with Crippen LogP contribution < -0.4 is 26.0 Å². The molecule has 2 fully saturated rings. The van der Waals surface area contributed by atoms with E-state index in [1.54, 1.807) is 4.90 Å². The second-order valence-corrected chi connectivity index (χ2v) is 11.2. The van der Waals surface area contributed by atoms with Gasteiger partial charge >= 0.3 is 0 Å². The maximum atomic E-state index is 13.7. The van der Waals surface area contributed by atoms with Gasteiger partial charge in [0.2, 0.25) is 5.91 Å². The molecule has 216 valence electrons. The van der Waals surface area contributed by atoms with E-state index in [2.05, 4.69) is 26.6 Å². The summed E-state index contributed by atoms with van der Waals surface area (Å²) in [7, 11) is 0. The van der Waals surface area contributed by atoms with Crippen LogP contribution in [0.5, 0.6) is 0 Å². The minimum atomic E-state index is -0.289. The molecule has 5 rings (SSSR count). The quantitative estimate of drug-likeness (QED) is 0.390. The molecule has 2 amide bonds. The molecule has 1 aliphatic heterocycles. The highest BCUT2D eigenvalue weighted by molar-refractivity contribution is 6.03. The number of piperazine rings is 1. The van der Waals surface area contributed by atoms with E-state index >= 15 is 0 Å². The Kier molecular flexibility index (Phi) is 8.26. The van der Waals surface area contributed by atoms with Crippen LogP contribution >= 0.6 is 0 Å². The highest BCUT2D eigenvalue weighted by Gasteiger charge is 2.34. The van der Waals surface area contributed by atoms with Gasteiger partial charge in [0.05, 0.1) is 0 Å². The zero-order chi connectivity index (χ0) is 29.3. The van der Waals surface area contributed by atoms with Crippen molar-refractivity contribution in [2.75, 3.05) is 42.5 Å². The summed E-state index contributed by atoms with van der Waals surface area (Å²) in [5.74, 6) is 0.803. The minimum absolute atomic E-state index is 0.0493. The summed E-state index contributed by atoms with van der Waals surface area (Å²) in [5, 5.41) is 6.33. The van der Waals surface area contributed by atoms with Crippen molar-refractivity contribution in [2.24, 2.45) is 5.92 Å². The molecule has 3 aromatic rings. The van der Waals surface area contributed by atoms with Crippen molar-refractivity contribution in [3.63, 3.8) is 0 Å². The monoisotopic (exact) mass is 556 g/mol. The number of rotatable bonds is 8. The zero-order valence-electron chi connectivity index (χ0n) is 24.7. The number of benzene rings is 1. The number of nitrogens with one attached hydrogen (secondary N) is 3. The fourth-order valence-corrected chi connectivity index (χ4v) is 5.65. The van der Waals surface area contributed by atoms with Gasteiger partial charge in [-0.3, -0.25) is 14.4 Å². The number of carbonyl (C=O) groups is 2. The van der Waals surface area contributed by atoms with Crippen molar-refractivity contribution in [1.82, 2.24) is 20.6 Å². The summed E-state index contributed by atoms with van der Waals surface area (Å²) in [6, 6.07) is 9.88. The molecule has 0 bridgehead atoms. The number of aromatic nitrogens is 2. The molecule has 9 nitrogen and oxygen atoms in total. The highest BCUT2D eigenvalue weighted by Crippen LogP contribution is 2.37. The van der Waals surface area contributed by atoms with Gasteiger partial charge in [0.15, 0.2) is 0 Å². The first-order chi connectivity index (χ1) is 19.7. The predicted octanol–water partition coefficient (Wildman–Crippen LogP) is 3.77. The molecule has 9 heteroatoms. The van der Waals surface area contributed by atoms with Gasteiger partial charge in [-0.25, -0.2) is 4.98 Å². The van der Waals surface area contributed by atoms with E-state index in [4.69, 9.17) is 4.98 Å². The molecule has 1 aromatic carbocycles. The minimum Gasteiger partial charge on any atom is -0.354 e. The van der Waals surface area contributed by atoms with E-state index in [0.29, 0.717) is 17.7 Å². The number of anilines is 2. The lowest BCUT2D eigenvalue weighted by Crippen LogP contribution is -2.43. The third kappa shape index (κ3) is 6.05. The lowest BCUT2D eigenvalue weighted by molar-refractivity contribution is -0.119. The molecular weight excluding hydrogens is 516 g/mol. The van der Waals surface area contributed by atoms with E-state index < -0.39 is 0 Å². The topological polar surface area (TPSA) is 110 Å². The van der Waals surface area contributed by atoms with Crippen LogP contribution in [0, 0.1) is 33.6 Å². The average molecular weight is 557 g/mol. The molecular formula is C32H40N6O3. The molecule has 1 saturated heterocycles. The molecule has 3 heterocycles. The summed E-state index contributed by atoms with van der Waals surface area (Å²) >= 11 is 0. The normalized spacial score (nSPS) is 15.1. The fourth-order valence-electron chi connectivity index (χ4n) is 5.65. The third-order valence-corrected chi connectivity index (χ3v) is 8.17. The van der Waals surface area contributed by atoms with Crippen molar-refractivity contribution >= 4 is 23.3 Å². The number of H-pyrrole nitrogens is 1. The number of aryl methyl sites for hydroxylation is 3. The highest BCUT2D eigenvalue weighted by atomic mass is 16.2. The molecule has 0 radical (unpaired) electrons. The Bertz CT molecular complexity index is 1540. The standard InChI is InChI=1S/C32H40N6O3/c1-6-38(32(41)23-7-8-23)28-17-24(25-9-10-29(36-22(25)5)37-13-11-33-12-14-37)16-26(21(28)4)30(39)34-18-27-19(2)15-20(3)35-31(27)40/h9-10,15-17,23,33H,6-8,11-14,18H2,1-5H3,(H,34,39)(H,35,40). The van der Waals surface area contributed by atoms with Gasteiger partial charge in [-0.2, -0.15) is 0 Å². The first-order valence-corrected chi connectivity index (χ1v) is 14.5. The maximum absolute atomic E-state index is 13.7. The Morgan fingerprint density at radius 2 is 1.80 bits per heavy atom. The summed E-state index contributed by atoms with van der Waals surface area (Å²) in [6.07, 6.45) is 1.81. The molecule has 3 N–H and O–H groups in total. The Hall–Kier alpha value is -3.98. The lowest BCUT2D eigenvalue weighted by Gasteiger charge is -2.29. The van der Waals surface area contributed by atoms with E-state index in [0.717, 1.165) is 84.2 Å². The maximum Gasteiger partial charge on any atom is 0.253 e. The van der Waals surface area contributed by atoms with E-state index in [1.807, 2.05) is 58.9 Å². The second kappa shape index (κ2) is 11.9. The van der Waals surface area contributed by atoms with Crippen LogP contribution in [0.25, 0.3) is 11.1 Å². The first-order valence-electron chi connectivity index (χ1n) is 14.5. The SMILES string of the molecule is CCN(C(=O)C1CC1)c1cc(-c2ccc(N3CCNCC3)nc2C)cc(C(=O)NCc2c(C)cc(C)[nH]c2=O)c1C. The molecule has 0 atom stereocenters. The molecule has 0 spiro atoms. The molecule has 41 heavy (non-hydrogen) atoms. The van der Waals surface area contributed by atoms with E-state index in [9.17, 15) is 14.4 Å². The smallest absolute Gasteiger partial charge is 0.253 e. The number of amides is 2. The van der Waals surface area contributed by atoms with Gasteiger partial charge in [-0.1, -0.05) is 0 Å². The van der Waals surface area contributed by atoms with E-state index in [1.165, 1.54) is 0 Å².